The number of hydrogen-bond donors (Lipinski definition) is 0. The summed E-state index contributed by atoms with van der Waals surface area (Å²) in [4.78, 5) is 0. The van der Waals surface area contributed by atoms with E-state index < -0.39 is 15.4 Å². The van der Waals surface area contributed by atoms with Gasteiger partial charge in [0.25, 0.3) is 0 Å². The first-order valence-corrected chi connectivity index (χ1v) is 11.1. The SMILES string of the molecule is CCOP(=O)(OCC)N(C)P(=Nc1ccccc1)(OCC)OCC. The summed E-state index contributed by atoms with van der Waals surface area (Å²) in [6.07, 6.45) is 0. The molecular formula is C15H28N2O5P2. The van der Waals surface area contributed by atoms with E-state index in [1.165, 1.54) is 4.44 Å². The second-order valence-corrected chi connectivity index (χ2v) is 9.22. The van der Waals surface area contributed by atoms with Crippen molar-refractivity contribution in [3.63, 3.8) is 0 Å². The fourth-order valence-corrected chi connectivity index (χ4v) is 6.63. The van der Waals surface area contributed by atoms with Gasteiger partial charge >= 0.3 is 15.4 Å². The summed E-state index contributed by atoms with van der Waals surface area (Å²) in [5.74, 6) is 0. The zero-order chi connectivity index (χ0) is 18.1. The molecule has 0 atom stereocenters. The van der Waals surface area contributed by atoms with Crippen LogP contribution in [-0.4, -0.2) is 37.9 Å². The maximum absolute atomic E-state index is 13.2. The number of hydrogen-bond acceptors (Lipinski definition) is 6. The van der Waals surface area contributed by atoms with Gasteiger partial charge in [-0.15, -0.1) is 4.44 Å². The number of benzene rings is 1. The van der Waals surface area contributed by atoms with E-state index in [9.17, 15) is 4.57 Å². The quantitative estimate of drug-likeness (QED) is 0.477. The third-order valence-corrected chi connectivity index (χ3v) is 8.52. The molecule has 0 unspecified atom stereocenters. The van der Waals surface area contributed by atoms with Gasteiger partial charge < -0.3 is 9.05 Å². The van der Waals surface area contributed by atoms with E-state index in [1.807, 2.05) is 44.2 Å². The van der Waals surface area contributed by atoms with E-state index in [4.69, 9.17) is 18.1 Å². The van der Waals surface area contributed by atoms with Gasteiger partial charge in [0.05, 0.1) is 32.1 Å². The van der Waals surface area contributed by atoms with Crippen LogP contribution in [0.25, 0.3) is 0 Å². The minimum Gasteiger partial charge on any atom is -0.312 e. The summed E-state index contributed by atoms with van der Waals surface area (Å²) in [7, 11) is -5.03. The van der Waals surface area contributed by atoms with E-state index in [0.29, 0.717) is 18.9 Å². The standard InChI is InChI=1S/C15H28N2O5P2/c1-6-19-23(20-7-2,16-15-13-11-10-12-14-15)17(5)24(18,21-8-3)22-9-4/h10-14H,6-9H2,1-5H3. The highest BCUT2D eigenvalue weighted by Gasteiger charge is 2.43. The highest BCUT2D eigenvalue weighted by atomic mass is 31.3. The Labute approximate surface area is 145 Å². The Morgan fingerprint density at radius 2 is 1.33 bits per heavy atom. The molecule has 0 spiro atoms. The first-order chi connectivity index (χ1) is 11.5. The van der Waals surface area contributed by atoms with Crippen LogP contribution in [0.1, 0.15) is 27.7 Å². The van der Waals surface area contributed by atoms with Crippen LogP contribution < -0.4 is 0 Å². The molecule has 0 fully saturated rings. The summed E-state index contributed by atoms with van der Waals surface area (Å²) in [6.45, 7) is 8.39. The van der Waals surface area contributed by atoms with Crippen LogP contribution in [-0.2, 0) is 22.7 Å². The lowest BCUT2D eigenvalue weighted by molar-refractivity contribution is 0.176. The third kappa shape index (κ3) is 5.50. The second kappa shape index (κ2) is 10.5. The predicted molar refractivity (Wildman–Crippen MR) is 97.3 cm³/mol. The molecule has 0 radical (unpaired) electrons. The molecule has 1 rings (SSSR count). The zero-order valence-corrected chi connectivity index (χ0v) is 16.8. The lowest BCUT2D eigenvalue weighted by Crippen LogP contribution is -2.19. The van der Waals surface area contributed by atoms with Crippen molar-refractivity contribution in [3.05, 3.63) is 30.3 Å². The van der Waals surface area contributed by atoms with Gasteiger partial charge in [0.2, 0.25) is 0 Å². The Balaban J connectivity index is 3.44. The maximum atomic E-state index is 13.2. The van der Waals surface area contributed by atoms with Crippen molar-refractivity contribution in [3.8, 4) is 0 Å². The monoisotopic (exact) mass is 378 g/mol. The smallest absolute Gasteiger partial charge is 0.312 e. The van der Waals surface area contributed by atoms with Gasteiger partial charge in [-0.3, -0.25) is 9.05 Å². The molecule has 0 bridgehead atoms. The molecule has 1 aromatic rings. The molecule has 0 aromatic heterocycles. The summed E-state index contributed by atoms with van der Waals surface area (Å²) in [6, 6.07) is 9.32. The molecular weight excluding hydrogens is 350 g/mol. The molecule has 0 aliphatic heterocycles. The van der Waals surface area contributed by atoms with Gasteiger partial charge in [-0.05, 0) is 39.8 Å². The van der Waals surface area contributed by atoms with Crippen LogP contribution in [0.2, 0.25) is 0 Å². The normalized spacial score (nSPS) is 12.6. The lowest BCUT2D eigenvalue weighted by atomic mass is 10.3. The number of rotatable bonds is 11. The van der Waals surface area contributed by atoms with Crippen LogP contribution in [0.3, 0.4) is 0 Å². The van der Waals surface area contributed by atoms with Gasteiger partial charge in [-0.25, -0.2) is 9.31 Å². The first kappa shape index (κ1) is 21.5. The van der Waals surface area contributed by atoms with E-state index >= 15 is 0 Å². The largest absolute Gasteiger partial charge is 0.416 e. The lowest BCUT2D eigenvalue weighted by Gasteiger charge is -2.35. The van der Waals surface area contributed by atoms with Crippen molar-refractivity contribution < 1.29 is 22.7 Å². The molecule has 9 heteroatoms. The molecule has 0 saturated heterocycles. The van der Waals surface area contributed by atoms with E-state index in [-0.39, 0.29) is 13.2 Å². The van der Waals surface area contributed by atoms with Crippen molar-refractivity contribution >= 4 is 21.1 Å². The fraction of sp³-hybridized carbons (Fsp3) is 0.600. The number of nitrogens with zero attached hydrogens (tertiary/aromatic N) is 2. The minimum absolute atomic E-state index is 0.241. The van der Waals surface area contributed by atoms with Crippen LogP contribution >= 0.6 is 15.4 Å². The molecule has 0 saturated carbocycles. The van der Waals surface area contributed by atoms with Crippen LogP contribution in [0.4, 0.5) is 5.69 Å². The van der Waals surface area contributed by atoms with Crippen molar-refractivity contribution in [1.82, 2.24) is 4.44 Å². The van der Waals surface area contributed by atoms with Gasteiger partial charge in [0, 0.05) is 7.05 Å². The molecule has 0 heterocycles. The van der Waals surface area contributed by atoms with Crippen molar-refractivity contribution in [1.29, 1.82) is 0 Å². The molecule has 138 valence electrons. The highest BCUT2D eigenvalue weighted by Crippen LogP contribution is 2.70. The summed E-state index contributed by atoms with van der Waals surface area (Å²) >= 11 is 0. The molecule has 0 N–H and O–H groups in total. The molecule has 0 aliphatic rings. The maximum Gasteiger partial charge on any atom is 0.416 e. The van der Waals surface area contributed by atoms with E-state index in [1.54, 1.807) is 20.9 Å². The molecule has 0 amide bonds. The topological polar surface area (TPSA) is 69.6 Å². The second-order valence-electron chi connectivity index (χ2n) is 4.56. The average Bonchev–Trinajstić information content (AvgIpc) is 2.56. The summed E-state index contributed by atoms with van der Waals surface area (Å²) < 4.78 is 41.9. The van der Waals surface area contributed by atoms with Crippen LogP contribution in [0.15, 0.2) is 35.1 Å². The van der Waals surface area contributed by atoms with Gasteiger partial charge in [0.1, 0.15) is 0 Å². The zero-order valence-electron chi connectivity index (χ0n) is 15.0. The van der Waals surface area contributed by atoms with E-state index in [0.717, 1.165) is 0 Å². The third-order valence-electron chi connectivity index (χ3n) is 2.90. The fourth-order valence-electron chi connectivity index (χ4n) is 1.97. The minimum atomic E-state index is -3.59. The average molecular weight is 378 g/mol. The molecule has 1 aromatic carbocycles. The van der Waals surface area contributed by atoms with Crippen molar-refractivity contribution in [2.45, 2.75) is 27.7 Å². The molecule has 0 aliphatic carbocycles. The Morgan fingerprint density at radius 3 is 1.75 bits per heavy atom. The van der Waals surface area contributed by atoms with Crippen molar-refractivity contribution in [2.24, 2.45) is 4.74 Å². The molecule has 24 heavy (non-hydrogen) atoms. The van der Waals surface area contributed by atoms with Crippen LogP contribution in [0.5, 0.6) is 0 Å². The predicted octanol–water partition coefficient (Wildman–Crippen LogP) is 5.45. The molecule has 7 nitrogen and oxygen atoms in total. The first-order valence-electron chi connectivity index (χ1n) is 8.08. The van der Waals surface area contributed by atoms with Gasteiger partial charge in [-0.2, -0.15) is 0 Å². The Kier molecular flexibility index (Phi) is 9.39. The van der Waals surface area contributed by atoms with Gasteiger partial charge in [-0.1, -0.05) is 18.2 Å². The Hall–Kier alpha value is -0.520. The highest BCUT2D eigenvalue weighted by molar-refractivity contribution is 7.68. The Bertz CT molecular complexity index is 562. The van der Waals surface area contributed by atoms with Gasteiger partial charge in [0.15, 0.2) is 0 Å². The summed E-state index contributed by atoms with van der Waals surface area (Å²) in [5, 5.41) is 0. The van der Waals surface area contributed by atoms with Crippen molar-refractivity contribution in [2.75, 3.05) is 33.5 Å². The van der Waals surface area contributed by atoms with E-state index in [2.05, 4.69) is 4.74 Å². The van der Waals surface area contributed by atoms with Crippen LogP contribution in [0, 0.1) is 0 Å². The summed E-state index contributed by atoms with van der Waals surface area (Å²) in [5.41, 5.74) is 0.680. The Morgan fingerprint density at radius 1 is 0.875 bits per heavy atom.